The van der Waals surface area contributed by atoms with Gasteiger partial charge in [0, 0.05) is 41.0 Å². The molecule has 3 aromatic rings. The molecule has 2 heterocycles. The number of hydrogen-bond donors (Lipinski definition) is 2. The molecule has 0 aliphatic carbocycles. The number of carbonyl (C=O) groups is 1. The van der Waals surface area contributed by atoms with Crippen LogP contribution in [0.4, 0.5) is 0 Å². The average molecular weight is 436 g/mol. The molecule has 29 heavy (non-hydrogen) atoms. The molecule has 1 aromatic carbocycles. The smallest absolute Gasteiger partial charge is 0.264 e. The first-order valence-corrected chi connectivity index (χ1v) is 11.5. The van der Waals surface area contributed by atoms with E-state index in [1.54, 1.807) is 35.9 Å². The SMILES string of the molecule is Cc1cnc(-c2ccc3c(=O)n(CCC(C)(C(=O)NO)S(C)(=O)=O)ccc3c2)s1. The van der Waals surface area contributed by atoms with E-state index in [4.69, 9.17) is 5.21 Å². The number of fused-ring (bicyclic) bond motifs is 1. The number of benzene rings is 1. The molecule has 0 aliphatic heterocycles. The van der Waals surface area contributed by atoms with Gasteiger partial charge in [0.15, 0.2) is 14.6 Å². The van der Waals surface area contributed by atoms with Crippen LogP contribution in [0.15, 0.2) is 41.5 Å². The van der Waals surface area contributed by atoms with Crippen molar-refractivity contribution in [3.63, 3.8) is 0 Å². The summed E-state index contributed by atoms with van der Waals surface area (Å²) >= 11 is 1.57. The van der Waals surface area contributed by atoms with Crippen molar-refractivity contribution in [2.45, 2.75) is 31.6 Å². The summed E-state index contributed by atoms with van der Waals surface area (Å²) in [4.78, 5) is 30.2. The highest BCUT2D eigenvalue weighted by Gasteiger charge is 2.43. The molecular weight excluding hydrogens is 414 g/mol. The lowest BCUT2D eigenvalue weighted by molar-refractivity contribution is -0.131. The maximum atomic E-state index is 12.8. The molecule has 0 bridgehead atoms. The van der Waals surface area contributed by atoms with Crippen molar-refractivity contribution in [2.24, 2.45) is 0 Å². The topological polar surface area (TPSA) is 118 Å². The maximum Gasteiger partial charge on any atom is 0.264 e. The van der Waals surface area contributed by atoms with Gasteiger partial charge in [0.1, 0.15) is 5.01 Å². The Morgan fingerprint density at radius 1 is 1.34 bits per heavy atom. The van der Waals surface area contributed by atoms with Gasteiger partial charge in [-0.1, -0.05) is 6.07 Å². The number of hydroxylamine groups is 1. The predicted molar refractivity (Wildman–Crippen MR) is 112 cm³/mol. The third-order valence-corrected chi connectivity index (χ3v) is 8.06. The summed E-state index contributed by atoms with van der Waals surface area (Å²) in [5.41, 5.74) is 2.03. The van der Waals surface area contributed by atoms with Crippen molar-refractivity contribution in [3.8, 4) is 10.6 Å². The highest BCUT2D eigenvalue weighted by Crippen LogP contribution is 2.27. The van der Waals surface area contributed by atoms with Crippen LogP contribution in [0.1, 0.15) is 18.2 Å². The van der Waals surface area contributed by atoms with Gasteiger partial charge < -0.3 is 4.57 Å². The second-order valence-corrected chi connectivity index (χ2v) is 10.8. The summed E-state index contributed by atoms with van der Waals surface area (Å²) in [6.45, 7) is 3.20. The van der Waals surface area contributed by atoms with Crippen molar-refractivity contribution in [2.75, 3.05) is 6.26 Å². The lowest BCUT2D eigenvalue weighted by Crippen LogP contribution is -2.49. The second-order valence-electron chi connectivity index (χ2n) is 7.09. The summed E-state index contributed by atoms with van der Waals surface area (Å²) in [7, 11) is -3.83. The molecule has 2 aromatic heterocycles. The standard InChI is InChI=1S/C19H21N3O5S2/c1-12-11-20-16(28-12)14-4-5-15-13(10-14)6-8-22(17(15)23)9-7-19(2,18(24)21-25)29(3,26)27/h4-6,8,10-11,25H,7,9H2,1-3H3,(H,21,24). The number of pyridine rings is 1. The van der Waals surface area contributed by atoms with Crippen LogP contribution < -0.4 is 11.0 Å². The van der Waals surface area contributed by atoms with Crippen LogP contribution in [-0.4, -0.2) is 40.1 Å². The van der Waals surface area contributed by atoms with Crippen molar-refractivity contribution < 1.29 is 18.4 Å². The van der Waals surface area contributed by atoms with Gasteiger partial charge in [-0.3, -0.25) is 14.8 Å². The molecule has 0 spiro atoms. The van der Waals surface area contributed by atoms with E-state index in [0.717, 1.165) is 27.1 Å². The van der Waals surface area contributed by atoms with E-state index in [1.807, 2.05) is 19.1 Å². The number of nitrogens with one attached hydrogen (secondary N) is 1. The van der Waals surface area contributed by atoms with E-state index in [2.05, 4.69) is 4.98 Å². The monoisotopic (exact) mass is 435 g/mol. The molecule has 0 radical (unpaired) electrons. The zero-order valence-corrected chi connectivity index (χ0v) is 17.8. The molecule has 154 valence electrons. The maximum absolute atomic E-state index is 12.8. The zero-order valence-electron chi connectivity index (χ0n) is 16.2. The Labute approximate surface area is 171 Å². The fourth-order valence-electron chi connectivity index (χ4n) is 3.00. The number of nitrogens with zero attached hydrogens (tertiary/aromatic N) is 2. The molecule has 2 N–H and O–H groups in total. The lowest BCUT2D eigenvalue weighted by Gasteiger charge is -2.25. The molecular formula is C19H21N3O5S2. The molecule has 1 amide bonds. The highest BCUT2D eigenvalue weighted by atomic mass is 32.2. The van der Waals surface area contributed by atoms with Crippen molar-refractivity contribution in [1.82, 2.24) is 15.0 Å². The zero-order chi connectivity index (χ0) is 21.4. The van der Waals surface area contributed by atoms with Crippen LogP contribution in [0.2, 0.25) is 0 Å². The average Bonchev–Trinajstić information content (AvgIpc) is 3.11. The quantitative estimate of drug-likeness (QED) is 0.452. The Bertz CT molecular complexity index is 1250. The minimum absolute atomic E-state index is 0.000804. The normalized spacial score (nSPS) is 13.9. The van der Waals surface area contributed by atoms with Crippen LogP contribution in [-0.2, 0) is 21.2 Å². The predicted octanol–water partition coefficient (Wildman–Crippen LogP) is 2.13. The lowest BCUT2D eigenvalue weighted by atomic mass is 10.1. The number of hydrogen-bond acceptors (Lipinski definition) is 7. The molecule has 3 rings (SSSR count). The Balaban J connectivity index is 1.94. The van der Waals surface area contributed by atoms with E-state index in [-0.39, 0.29) is 18.5 Å². The van der Waals surface area contributed by atoms with Crippen LogP contribution >= 0.6 is 11.3 Å². The number of sulfone groups is 1. The third kappa shape index (κ3) is 3.96. The van der Waals surface area contributed by atoms with Crippen LogP contribution in [0, 0.1) is 6.92 Å². The Morgan fingerprint density at radius 2 is 2.07 bits per heavy atom. The highest BCUT2D eigenvalue weighted by molar-refractivity contribution is 7.92. The summed E-state index contributed by atoms with van der Waals surface area (Å²) in [6, 6.07) is 7.20. The van der Waals surface area contributed by atoms with Crippen molar-refractivity contribution in [3.05, 3.63) is 51.9 Å². The molecule has 1 atom stereocenters. The Hall–Kier alpha value is -2.56. The van der Waals surface area contributed by atoms with Crippen LogP contribution in [0.5, 0.6) is 0 Å². The van der Waals surface area contributed by atoms with Gasteiger partial charge >= 0.3 is 0 Å². The van der Waals surface area contributed by atoms with Gasteiger partial charge in [-0.15, -0.1) is 11.3 Å². The molecule has 10 heteroatoms. The summed E-state index contributed by atoms with van der Waals surface area (Å²) in [6.07, 6.45) is 4.12. The van der Waals surface area contributed by atoms with Gasteiger partial charge in [-0.05, 0) is 43.9 Å². The van der Waals surface area contributed by atoms with Gasteiger partial charge in [-0.2, -0.15) is 0 Å². The third-order valence-electron chi connectivity index (χ3n) is 5.08. The molecule has 8 nitrogen and oxygen atoms in total. The first-order valence-electron chi connectivity index (χ1n) is 8.77. The van der Waals surface area contributed by atoms with Crippen LogP contribution in [0.3, 0.4) is 0 Å². The van der Waals surface area contributed by atoms with E-state index in [9.17, 15) is 18.0 Å². The van der Waals surface area contributed by atoms with E-state index < -0.39 is 20.5 Å². The fraction of sp³-hybridized carbons (Fsp3) is 0.316. The summed E-state index contributed by atoms with van der Waals surface area (Å²) in [5.74, 6) is -1.03. The van der Waals surface area contributed by atoms with Crippen molar-refractivity contribution >= 4 is 37.9 Å². The number of rotatable bonds is 6. The van der Waals surface area contributed by atoms with E-state index in [1.165, 1.54) is 17.0 Å². The van der Waals surface area contributed by atoms with E-state index in [0.29, 0.717) is 5.39 Å². The number of aryl methyl sites for hydroxylation is 2. The molecule has 0 saturated carbocycles. The number of amides is 1. The van der Waals surface area contributed by atoms with Gasteiger partial charge in [-0.25, -0.2) is 18.9 Å². The van der Waals surface area contributed by atoms with Crippen LogP contribution in [0.25, 0.3) is 21.3 Å². The second kappa shape index (κ2) is 7.69. The molecule has 0 saturated heterocycles. The minimum atomic E-state index is -3.83. The Kier molecular flexibility index (Phi) is 5.61. The Morgan fingerprint density at radius 3 is 2.66 bits per heavy atom. The number of aromatic nitrogens is 2. The van der Waals surface area contributed by atoms with Gasteiger partial charge in [0.05, 0.1) is 0 Å². The minimum Gasteiger partial charge on any atom is -0.315 e. The fourth-order valence-corrected chi connectivity index (χ4v) is 4.61. The first kappa shape index (κ1) is 21.2. The molecule has 0 fully saturated rings. The largest absolute Gasteiger partial charge is 0.315 e. The van der Waals surface area contributed by atoms with Crippen molar-refractivity contribution in [1.29, 1.82) is 0 Å². The number of carbonyl (C=O) groups excluding carboxylic acids is 1. The van der Waals surface area contributed by atoms with Gasteiger partial charge in [0.2, 0.25) is 0 Å². The first-order chi connectivity index (χ1) is 13.6. The summed E-state index contributed by atoms with van der Waals surface area (Å²) < 4.78 is 23.7. The summed E-state index contributed by atoms with van der Waals surface area (Å²) in [5, 5.41) is 11.0. The van der Waals surface area contributed by atoms with E-state index >= 15 is 0 Å². The number of thiazole rings is 1. The van der Waals surface area contributed by atoms with Gasteiger partial charge in [0.25, 0.3) is 11.5 Å². The molecule has 0 aliphatic rings. The molecule has 1 unspecified atom stereocenters.